The van der Waals surface area contributed by atoms with Crippen LogP contribution in [0.1, 0.15) is 219 Å². The Balaban J connectivity index is 0.00000499. The fraction of sp³-hybridized carbons (Fsp3) is 0.957. The van der Waals surface area contributed by atoms with E-state index in [1.54, 1.807) is 0 Å². The summed E-state index contributed by atoms with van der Waals surface area (Å²) in [5.41, 5.74) is 0. The van der Waals surface area contributed by atoms with Crippen LogP contribution in [0.25, 0.3) is 0 Å². The summed E-state index contributed by atoms with van der Waals surface area (Å²) in [5.74, 6) is -0.0461. The number of likely N-dealkylation sites (N-methyl/N-ethyl adjacent to an activating group) is 2. The lowest BCUT2D eigenvalue weighted by molar-refractivity contribution is -1.02. The zero-order chi connectivity index (χ0) is 43.1. The molecule has 0 aromatic heterocycles. The maximum Gasteiger partial charge on any atom is 0.305 e. The summed E-state index contributed by atoms with van der Waals surface area (Å²) in [6.07, 6.45) is 41.3. The SMILES string of the molecule is CCCCCCCCCCCCCCCCCC(=O)OCC[N+]1(C)CC[N+](C)(CCOC(=O)CCCCCCCCCCCCCCCCC)CC1.COS(=O)(=O)[O-]. The van der Waals surface area contributed by atoms with Gasteiger partial charge in [-0.15, -0.1) is 0 Å². The summed E-state index contributed by atoms with van der Waals surface area (Å²) in [4.78, 5) is 24.7. The van der Waals surface area contributed by atoms with Gasteiger partial charge in [-0.2, -0.15) is 0 Å². The number of ether oxygens (including phenoxy) is 2. The van der Waals surface area contributed by atoms with Gasteiger partial charge in [0.2, 0.25) is 10.4 Å². The van der Waals surface area contributed by atoms with Gasteiger partial charge in [0, 0.05) is 12.8 Å². The lowest BCUT2D eigenvalue weighted by Crippen LogP contribution is -2.65. The van der Waals surface area contributed by atoms with Crippen LogP contribution in [-0.2, 0) is 33.6 Å². The number of nitrogens with zero attached hydrogens (tertiary/aromatic N) is 2. The van der Waals surface area contributed by atoms with E-state index in [1.165, 1.54) is 167 Å². The molecule has 0 unspecified atom stereocenters. The second-order valence-corrected chi connectivity index (χ2v) is 19.1. The number of carbonyl (C=O) groups is 2. The van der Waals surface area contributed by atoms with Crippen molar-refractivity contribution in [1.82, 2.24) is 0 Å². The lowest BCUT2D eigenvalue weighted by atomic mass is 10.0. The van der Waals surface area contributed by atoms with Gasteiger partial charge in [-0.05, 0) is 12.8 Å². The zero-order valence-electron chi connectivity index (χ0n) is 38.9. The van der Waals surface area contributed by atoms with Gasteiger partial charge in [-0.1, -0.05) is 194 Å². The number of rotatable bonds is 39. The van der Waals surface area contributed by atoms with Crippen LogP contribution in [0.5, 0.6) is 0 Å². The molecule has 0 saturated carbocycles. The van der Waals surface area contributed by atoms with Crippen molar-refractivity contribution < 1.29 is 45.2 Å². The molecule has 1 saturated heterocycles. The van der Waals surface area contributed by atoms with Crippen molar-refractivity contribution in [3.05, 3.63) is 0 Å². The fourth-order valence-electron chi connectivity index (χ4n) is 7.82. The molecule has 0 amide bonds. The highest BCUT2D eigenvalue weighted by atomic mass is 32.3. The van der Waals surface area contributed by atoms with Gasteiger partial charge in [-0.3, -0.25) is 13.8 Å². The standard InChI is InChI=1S/C46H92N2O4.CH4O4S/c1-5-7-9-11-13-15-17-19-21-23-25-27-29-31-33-35-45(49)51-43-41-47(3)37-39-48(4,40-38-47)42-44-52-46(50)36-34-32-30-28-26-24-22-20-18-16-14-12-10-8-6-2;1-5-6(2,3)4/h5-44H2,1-4H3;1H3,(H,2,3,4)/q+2;/p-1. The predicted octanol–water partition coefficient (Wildman–Crippen LogP) is 11.6. The number of unbranched alkanes of at least 4 members (excludes halogenated alkanes) is 28. The molecule has 346 valence electrons. The van der Waals surface area contributed by atoms with Gasteiger partial charge in [0.1, 0.15) is 52.5 Å². The van der Waals surface area contributed by atoms with Gasteiger partial charge in [0.25, 0.3) is 0 Å². The fourth-order valence-corrected chi connectivity index (χ4v) is 7.82. The molecule has 0 radical (unpaired) electrons. The van der Waals surface area contributed by atoms with Crippen LogP contribution in [0.3, 0.4) is 0 Å². The van der Waals surface area contributed by atoms with Crippen LogP contribution in [0.15, 0.2) is 0 Å². The number of esters is 2. The van der Waals surface area contributed by atoms with E-state index in [0.29, 0.717) is 26.1 Å². The molecule has 1 aliphatic heterocycles. The molecule has 1 fully saturated rings. The van der Waals surface area contributed by atoms with Crippen LogP contribution >= 0.6 is 0 Å². The predicted molar refractivity (Wildman–Crippen MR) is 239 cm³/mol. The zero-order valence-corrected chi connectivity index (χ0v) is 39.7. The van der Waals surface area contributed by atoms with Crippen molar-refractivity contribution in [2.75, 3.05) is 73.7 Å². The monoisotopic (exact) mass is 848 g/mol. The summed E-state index contributed by atoms with van der Waals surface area (Å²) in [7, 11) is 0.986. The van der Waals surface area contributed by atoms with Crippen molar-refractivity contribution in [1.29, 1.82) is 0 Å². The van der Waals surface area contributed by atoms with Gasteiger partial charge in [-0.25, -0.2) is 8.42 Å². The third-order valence-corrected chi connectivity index (χ3v) is 12.7. The number of hydrogen-bond donors (Lipinski definition) is 0. The first kappa shape index (κ1) is 56.7. The van der Waals surface area contributed by atoms with Crippen LogP contribution in [0.4, 0.5) is 0 Å². The smallest absolute Gasteiger partial charge is 0.305 e. The number of piperazine rings is 1. The first-order chi connectivity index (χ1) is 27.9. The first-order valence-corrected chi connectivity index (χ1v) is 25.7. The average molecular weight is 848 g/mol. The summed E-state index contributed by atoms with van der Waals surface area (Å²) in [6, 6.07) is 0. The Morgan fingerprint density at radius 1 is 0.448 bits per heavy atom. The highest BCUT2D eigenvalue weighted by Crippen LogP contribution is 2.18. The molecule has 0 aromatic rings. The van der Waals surface area contributed by atoms with Gasteiger partial charge >= 0.3 is 11.9 Å². The summed E-state index contributed by atoms with van der Waals surface area (Å²) in [6.45, 7) is 11.7. The van der Waals surface area contributed by atoms with Crippen molar-refractivity contribution >= 4 is 22.3 Å². The minimum atomic E-state index is -4.41. The van der Waals surface area contributed by atoms with Gasteiger partial charge < -0.3 is 23.0 Å². The third kappa shape index (κ3) is 38.9. The molecule has 1 aliphatic rings. The molecular weight excluding hydrogens is 753 g/mol. The second kappa shape index (κ2) is 38.6. The Bertz CT molecular complexity index is 983. The van der Waals surface area contributed by atoms with E-state index in [0.717, 1.165) is 81.0 Å². The molecule has 0 aliphatic carbocycles. The number of carbonyl (C=O) groups excluding carboxylic acids is 2. The average Bonchev–Trinajstić information content (AvgIpc) is 3.19. The molecule has 58 heavy (non-hydrogen) atoms. The van der Waals surface area contributed by atoms with Crippen molar-refractivity contribution in [3.63, 3.8) is 0 Å². The number of hydrogen-bond acceptors (Lipinski definition) is 8. The molecule has 1 rings (SSSR count). The topological polar surface area (TPSA) is 119 Å². The van der Waals surface area contributed by atoms with Crippen molar-refractivity contribution in [2.24, 2.45) is 0 Å². The Hall–Kier alpha value is -1.27. The maximum atomic E-state index is 12.3. The Morgan fingerprint density at radius 3 is 0.862 bits per heavy atom. The van der Waals surface area contributed by atoms with E-state index < -0.39 is 10.4 Å². The van der Waals surface area contributed by atoms with E-state index >= 15 is 0 Å². The highest BCUT2D eigenvalue weighted by Gasteiger charge is 2.37. The van der Waals surface area contributed by atoms with Crippen LogP contribution in [-0.4, -0.2) is 108 Å². The molecule has 11 heteroatoms. The Kier molecular flexibility index (Phi) is 37.8. The summed E-state index contributed by atoms with van der Waals surface area (Å²) in [5, 5.41) is 0. The first-order valence-electron chi connectivity index (χ1n) is 24.4. The van der Waals surface area contributed by atoms with Crippen LogP contribution in [0, 0.1) is 0 Å². The van der Waals surface area contributed by atoms with Gasteiger partial charge in [0.05, 0.1) is 21.2 Å². The molecule has 1 heterocycles. The normalized spacial score (nSPS) is 18.1. The molecular formula is C47H95N2O8S+. The molecule has 0 aromatic carbocycles. The van der Waals surface area contributed by atoms with E-state index in [2.05, 4.69) is 32.1 Å². The van der Waals surface area contributed by atoms with Crippen LogP contribution < -0.4 is 0 Å². The van der Waals surface area contributed by atoms with Crippen LogP contribution in [0.2, 0.25) is 0 Å². The molecule has 0 spiro atoms. The van der Waals surface area contributed by atoms with E-state index in [-0.39, 0.29) is 11.9 Å². The minimum absolute atomic E-state index is 0.0231. The maximum absolute atomic E-state index is 12.3. The third-order valence-electron chi connectivity index (χ3n) is 12.3. The minimum Gasteiger partial charge on any atom is -0.726 e. The quantitative estimate of drug-likeness (QED) is 0.0197. The Morgan fingerprint density at radius 2 is 0.655 bits per heavy atom. The summed E-state index contributed by atoms with van der Waals surface area (Å²) >= 11 is 0. The van der Waals surface area contributed by atoms with E-state index in [1.807, 2.05) is 0 Å². The van der Waals surface area contributed by atoms with Crippen molar-refractivity contribution in [2.45, 2.75) is 219 Å². The molecule has 10 nitrogen and oxygen atoms in total. The summed E-state index contributed by atoms with van der Waals surface area (Å²) < 4.78 is 44.2. The van der Waals surface area contributed by atoms with Gasteiger partial charge in [0.15, 0.2) is 0 Å². The molecule has 0 bridgehead atoms. The Labute approximate surface area is 359 Å². The highest BCUT2D eigenvalue weighted by molar-refractivity contribution is 7.80. The van der Waals surface area contributed by atoms with E-state index in [9.17, 15) is 22.6 Å². The second-order valence-electron chi connectivity index (χ2n) is 18.0. The lowest BCUT2D eigenvalue weighted by Gasteiger charge is -2.46. The number of quaternary nitrogens is 2. The molecule has 0 atom stereocenters. The van der Waals surface area contributed by atoms with E-state index in [4.69, 9.17) is 9.47 Å². The van der Waals surface area contributed by atoms with Crippen molar-refractivity contribution in [3.8, 4) is 0 Å². The largest absolute Gasteiger partial charge is 0.726 e. The molecule has 0 N–H and O–H groups in total.